The Hall–Kier alpha value is -1.14. The van der Waals surface area contributed by atoms with E-state index in [0.717, 1.165) is 5.56 Å². The molecule has 2 rings (SSSR count). The molecule has 0 aromatic heterocycles. The Balaban J connectivity index is 2.34. The Morgan fingerprint density at radius 3 is 2.76 bits per heavy atom. The van der Waals surface area contributed by atoms with Gasteiger partial charge in [0.15, 0.2) is 0 Å². The summed E-state index contributed by atoms with van der Waals surface area (Å²) in [6, 6.07) is 6.80. The molecule has 1 heterocycles. The molecule has 1 aliphatic heterocycles. The van der Waals surface area contributed by atoms with Crippen molar-refractivity contribution in [2.75, 3.05) is 7.11 Å². The van der Waals surface area contributed by atoms with Crippen molar-refractivity contribution in [3.8, 4) is 0 Å². The second-order valence-electron chi connectivity index (χ2n) is 3.86. The molecule has 17 heavy (non-hydrogen) atoms. The Morgan fingerprint density at radius 1 is 1.41 bits per heavy atom. The van der Waals surface area contributed by atoms with Gasteiger partial charge in [0.25, 0.3) is 0 Å². The van der Waals surface area contributed by atoms with E-state index >= 15 is 0 Å². The minimum atomic E-state index is -0.533. The topological polar surface area (TPSA) is 76.4 Å². The van der Waals surface area contributed by atoms with E-state index in [1.807, 2.05) is 18.2 Å². The first-order chi connectivity index (χ1) is 8.15. The van der Waals surface area contributed by atoms with Gasteiger partial charge >= 0.3 is 5.97 Å². The number of nitrogens with one attached hydrogen (secondary N) is 2. The van der Waals surface area contributed by atoms with Crippen LogP contribution in [0.1, 0.15) is 11.5 Å². The quantitative estimate of drug-likeness (QED) is 0.665. The average molecular weight is 256 g/mol. The van der Waals surface area contributed by atoms with Crippen molar-refractivity contribution in [2.24, 2.45) is 5.73 Å². The number of esters is 1. The van der Waals surface area contributed by atoms with Crippen LogP contribution in [0.5, 0.6) is 0 Å². The van der Waals surface area contributed by atoms with Gasteiger partial charge in [-0.05, 0) is 11.6 Å². The van der Waals surface area contributed by atoms with Crippen LogP contribution in [0.25, 0.3) is 0 Å². The molecule has 6 heteroatoms. The van der Waals surface area contributed by atoms with Crippen LogP contribution in [-0.2, 0) is 9.53 Å². The fourth-order valence-electron chi connectivity index (χ4n) is 2.02. The number of hydrazine groups is 1. The molecule has 92 valence electrons. The van der Waals surface area contributed by atoms with Crippen molar-refractivity contribution in [3.05, 3.63) is 34.9 Å². The van der Waals surface area contributed by atoms with E-state index in [9.17, 15) is 4.79 Å². The van der Waals surface area contributed by atoms with E-state index in [4.69, 9.17) is 22.1 Å². The van der Waals surface area contributed by atoms with Crippen LogP contribution >= 0.6 is 11.6 Å². The van der Waals surface area contributed by atoms with E-state index in [-0.39, 0.29) is 18.1 Å². The standard InChI is InChI=1S/C11H14ClN3O2/c1-17-11(16)9-8(10(13)15-14-9)6-4-2-3-5-7(6)12/h2-5,8-10,14-15H,13H2,1H3. The van der Waals surface area contributed by atoms with Crippen molar-refractivity contribution in [2.45, 2.75) is 18.1 Å². The molecule has 0 saturated carbocycles. The summed E-state index contributed by atoms with van der Waals surface area (Å²) in [4.78, 5) is 11.6. The van der Waals surface area contributed by atoms with E-state index in [1.165, 1.54) is 7.11 Å². The molecular weight excluding hydrogens is 242 g/mol. The summed E-state index contributed by atoms with van der Waals surface area (Å²) in [5, 5.41) is 0.590. The summed E-state index contributed by atoms with van der Waals surface area (Å²) in [6.45, 7) is 0. The summed E-state index contributed by atoms with van der Waals surface area (Å²) >= 11 is 6.12. The molecule has 0 radical (unpaired) electrons. The van der Waals surface area contributed by atoms with Crippen LogP contribution in [0.3, 0.4) is 0 Å². The lowest BCUT2D eigenvalue weighted by Crippen LogP contribution is -2.39. The predicted molar refractivity (Wildman–Crippen MR) is 64.2 cm³/mol. The van der Waals surface area contributed by atoms with Crippen LogP contribution in [0.15, 0.2) is 24.3 Å². The Bertz CT molecular complexity index is 427. The fourth-order valence-corrected chi connectivity index (χ4v) is 2.29. The number of rotatable bonds is 2. The lowest BCUT2D eigenvalue weighted by Gasteiger charge is -2.20. The maximum Gasteiger partial charge on any atom is 0.324 e. The fraction of sp³-hybridized carbons (Fsp3) is 0.364. The molecule has 1 aromatic rings. The number of methoxy groups -OCH3 is 1. The first kappa shape index (κ1) is 12.3. The van der Waals surface area contributed by atoms with Gasteiger partial charge < -0.3 is 10.5 Å². The SMILES string of the molecule is COC(=O)C1NNC(N)C1c1ccccc1Cl. The number of carbonyl (C=O) groups is 1. The molecule has 1 aliphatic rings. The van der Waals surface area contributed by atoms with E-state index in [1.54, 1.807) is 6.07 Å². The first-order valence-electron chi connectivity index (χ1n) is 5.24. The third-order valence-corrected chi connectivity index (χ3v) is 3.22. The van der Waals surface area contributed by atoms with Crippen LogP contribution in [0, 0.1) is 0 Å². The summed E-state index contributed by atoms with van der Waals surface area (Å²) in [6.07, 6.45) is -0.390. The minimum Gasteiger partial charge on any atom is -0.468 e. The number of ether oxygens (including phenoxy) is 1. The molecule has 3 unspecified atom stereocenters. The van der Waals surface area contributed by atoms with Gasteiger partial charge in [0, 0.05) is 10.9 Å². The molecule has 0 amide bonds. The first-order valence-corrected chi connectivity index (χ1v) is 5.62. The molecule has 1 aromatic carbocycles. The summed E-state index contributed by atoms with van der Waals surface area (Å²) in [7, 11) is 1.34. The summed E-state index contributed by atoms with van der Waals surface area (Å²) in [5.74, 6) is -0.619. The highest BCUT2D eigenvalue weighted by Crippen LogP contribution is 2.31. The zero-order chi connectivity index (χ0) is 12.4. The maximum absolute atomic E-state index is 11.6. The summed E-state index contributed by atoms with van der Waals surface area (Å²) in [5.41, 5.74) is 12.4. The zero-order valence-corrected chi connectivity index (χ0v) is 10.1. The van der Waals surface area contributed by atoms with Gasteiger partial charge in [0.1, 0.15) is 6.04 Å². The molecule has 5 nitrogen and oxygen atoms in total. The molecule has 0 spiro atoms. The Labute approximate surface area is 104 Å². The van der Waals surface area contributed by atoms with Crippen LogP contribution in [-0.4, -0.2) is 25.3 Å². The number of carbonyl (C=O) groups excluding carboxylic acids is 1. The highest BCUT2D eigenvalue weighted by molar-refractivity contribution is 6.31. The molecule has 4 N–H and O–H groups in total. The molecular formula is C11H14ClN3O2. The Morgan fingerprint density at radius 2 is 2.12 bits per heavy atom. The maximum atomic E-state index is 11.6. The normalized spacial score (nSPS) is 28.1. The van der Waals surface area contributed by atoms with Gasteiger partial charge in [-0.15, -0.1) is 0 Å². The van der Waals surface area contributed by atoms with Gasteiger partial charge in [-0.1, -0.05) is 29.8 Å². The highest BCUT2D eigenvalue weighted by Gasteiger charge is 2.40. The van der Waals surface area contributed by atoms with Crippen molar-refractivity contribution in [1.29, 1.82) is 0 Å². The van der Waals surface area contributed by atoms with Gasteiger partial charge in [0.05, 0.1) is 13.3 Å². The van der Waals surface area contributed by atoms with Gasteiger partial charge in [-0.3, -0.25) is 4.79 Å². The third-order valence-electron chi connectivity index (χ3n) is 2.87. The Kier molecular flexibility index (Phi) is 3.63. The monoisotopic (exact) mass is 255 g/mol. The second-order valence-corrected chi connectivity index (χ2v) is 4.27. The van der Waals surface area contributed by atoms with Crippen LogP contribution in [0.2, 0.25) is 5.02 Å². The van der Waals surface area contributed by atoms with E-state index < -0.39 is 6.04 Å². The van der Waals surface area contributed by atoms with Crippen molar-refractivity contribution < 1.29 is 9.53 Å². The lowest BCUT2D eigenvalue weighted by atomic mass is 9.91. The molecule has 3 atom stereocenters. The second kappa shape index (κ2) is 5.01. The average Bonchev–Trinajstić information content (AvgIpc) is 2.71. The zero-order valence-electron chi connectivity index (χ0n) is 9.31. The van der Waals surface area contributed by atoms with Crippen molar-refractivity contribution in [1.82, 2.24) is 10.9 Å². The van der Waals surface area contributed by atoms with Gasteiger partial charge in [-0.25, -0.2) is 10.9 Å². The van der Waals surface area contributed by atoms with Gasteiger partial charge in [-0.2, -0.15) is 0 Å². The minimum absolute atomic E-state index is 0.254. The van der Waals surface area contributed by atoms with Crippen molar-refractivity contribution >= 4 is 17.6 Å². The lowest BCUT2D eigenvalue weighted by molar-refractivity contribution is -0.143. The summed E-state index contributed by atoms with van der Waals surface area (Å²) < 4.78 is 4.73. The number of hydrogen-bond donors (Lipinski definition) is 3. The predicted octanol–water partition coefficient (Wildman–Crippen LogP) is 0.358. The smallest absolute Gasteiger partial charge is 0.324 e. The molecule has 1 saturated heterocycles. The van der Waals surface area contributed by atoms with E-state index in [2.05, 4.69) is 10.9 Å². The van der Waals surface area contributed by atoms with Gasteiger partial charge in [0.2, 0.25) is 0 Å². The van der Waals surface area contributed by atoms with Crippen molar-refractivity contribution in [3.63, 3.8) is 0 Å². The van der Waals surface area contributed by atoms with Crippen LogP contribution < -0.4 is 16.6 Å². The third kappa shape index (κ3) is 2.28. The molecule has 0 aliphatic carbocycles. The number of halogens is 1. The number of hydrogen-bond acceptors (Lipinski definition) is 5. The van der Waals surface area contributed by atoms with E-state index in [0.29, 0.717) is 5.02 Å². The molecule has 1 fully saturated rings. The largest absolute Gasteiger partial charge is 0.468 e. The number of nitrogens with two attached hydrogens (primary N) is 1. The van der Waals surface area contributed by atoms with Crippen LogP contribution in [0.4, 0.5) is 0 Å². The highest BCUT2D eigenvalue weighted by atomic mass is 35.5. The number of benzene rings is 1. The molecule has 0 bridgehead atoms.